The van der Waals surface area contributed by atoms with E-state index in [0.717, 1.165) is 45.3 Å². The van der Waals surface area contributed by atoms with Crippen molar-refractivity contribution in [1.29, 1.82) is 0 Å². The highest BCUT2D eigenvalue weighted by molar-refractivity contribution is 5.82. The number of ether oxygens (including phenoxy) is 1. The first-order chi connectivity index (χ1) is 9.63. The lowest BCUT2D eigenvalue weighted by molar-refractivity contribution is -0.151. The van der Waals surface area contributed by atoms with E-state index in [1.54, 1.807) is 0 Å². The smallest absolute Gasteiger partial charge is 0.310 e. The Bertz CT molecular complexity index is 353. The highest BCUT2D eigenvalue weighted by atomic mass is 16.5. The van der Waals surface area contributed by atoms with Crippen molar-refractivity contribution in [3.05, 3.63) is 0 Å². The zero-order chi connectivity index (χ0) is 14.5. The number of amides is 1. The van der Waals surface area contributed by atoms with Crippen molar-refractivity contribution in [2.45, 2.75) is 45.6 Å². The number of carbonyl (C=O) groups excluding carboxylic acids is 2. The molecule has 0 N–H and O–H groups in total. The number of hydrogen-bond acceptors (Lipinski definition) is 4. The Kier molecular flexibility index (Phi) is 5.40. The van der Waals surface area contributed by atoms with Crippen LogP contribution in [-0.4, -0.2) is 60.5 Å². The van der Waals surface area contributed by atoms with Crippen molar-refractivity contribution in [2.75, 3.05) is 32.8 Å². The lowest BCUT2D eigenvalue weighted by atomic mass is 9.97. The van der Waals surface area contributed by atoms with Crippen LogP contribution in [0.1, 0.15) is 39.5 Å². The van der Waals surface area contributed by atoms with Gasteiger partial charge in [0.25, 0.3) is 0 Å². The van der Waals surface area contributed by atoms with Crippen LogP contribution >= 0.6 is 0 Å². The quantitative estimate of drug-likeness (QED) is 0.729. The summed E-state index contributed by atoms with van der Waals surface area (Å²) in [6.07, 6.45) is 4.06. The fourth-order valence-electron chi connectivity index (χ4n) is 3.17. The number of rotatable bonds is 4. The van der Waals surface area contributed by atoms with E-state index < -0.39 is 0 Å². The third-order valence-corrected chi connectivity index (χ3v) is 4.40. The average Bonchev–Trinajstić information content (AvgIpc) is 3.00. The van der Waals surface area contributed by atoms with Crippen LogP contribution in [-0.2, 0) is 14.3 Å². The Hall–Kier alpha value is -1.10. The standard InChI is InChI=1S/C15H26N2O3/c1-3-20-15(19)13-7-6-10-17(11-13)12(2)14(18)16-8-4-5-9-16/h12-13H,3-11H2,1-2H3/t12?,13-/m1/s1. The van der Waals surface area contributed by atoms with Gasteiger partial charge in [0.2, 0.25) is 5.91 Å². The molecule has 0 saturated carbocycles. The Labute approximate surface area is 121 Å². The lowest BCUT2D eigenvalue weighted by Gasteiger charge is -2.36. The third kappa shape index (κ3) is 3.51. The molecule has 1 amide bonds. The van der Waals surface area contributed by atoms with Gasteiger partial charge in [-0.3, -0.25) is 14.5 Å². The van der Waals surface area contributed by atoms with Crippen molar-refractivity contribution in [2.24, 2.45) is 5.92 Å². The summed E-state index contributed by atoms with van der Waals surface area (Å²) in [5.41, 5.74) is 0. The second-order valence-electron chi connectivity index (χ2n) is 5.79. The van der Waals surface area contributed by atoms with Crippen LogP contribution < -0.4 is 0 Å². The molecule has 2 atom stereocenters. The molecule has 0 spiro atoms. The molecule has 1 unspecified atom stereocenters. The fourth-order valence-corrected chi connectivity index (χ4v) is 3.17. The molecule has 0 radical (unpaired) electrons. The van der Waals surface area contributed by atoms with Crippen LogP contribution in [0.5, 0.6) is 0 Å². The molecule has 0 aromatic heterocycles. The van der Waals surface area contributed by atoms with Gasteiger partial charge in [0.15, 0.2) is 0 Å². The zero-order valence-electron chi connectivity index (χ0n) is 12.6. The fraction of sp³-hybridized carbons (Fsp3) is 0.867. The van der Waals surface area contributed by atoms with E-state index in [1.807, 2.05) is 18.7 Å². The minimum atomic E-state index is -0.120. The molecular formula is C15H26N2O3. The van der Waals surface area contributed by atoms with Gasteiger partial charge >= 0.3 is 5.97 Å². The maximum absolute atomic E-state index is 12.4. The van der Waals surface area contributed by atoms with Gasteiger partial charge in [0.1, 0.15) is 0 Å². The van der Waals surface area contributed by atoms with Crippen LogP contribution in [0.15, 0.2) is 0 Å². The maximum atomic E-state index is 12.4. The van der Waals surface area contributed by atoms with E-state index >= 15 is 0 Å². The van der Waals surface area contributed by atoms with Gasteiger partial charge in [0, 0.05) is 19.6 Å². The van der Waals surface area contributed by atoms with Gasteiger partial charge in [-0.25, -0.2) is 0 Å². The summed E-state index contributed by atoms with van der Waals surface area (Å²) in [4.78, 5) is 28.4. The molecule has 0 aromatic carbocycles. The highest BCUT2D eigenvalue weighted by Crippen LogP contribution is 2.21. The summed E-state index contributed by atoms with van der Waals surface area (Å²) in [5.74, 6) is 0.0301. The summed E-state index contributed by atoms with van der Waals surface area (Å²) in [5, 5.41) is 0. The minimum Gasteiger partial charge on any atom is -0.466 e. The molecule has 2 aliphatic rings. The highest BCUT2D eigenvalue weighted by Gasteiger charge is 2.33. The van der Waals surface area contributed by atoms with Crippen LogP contribution in [0, 0.1) is 5.92 Å². The molecule has 2 fully saturated rings. The van der Waals surface area contributed by atoms with Gasteiger partial charge in [-0.15, -0.1) is 0 Å². The second kappa shape index (κ2) is 7.07. The molecule has 20 heavy (non-hydrogen) atoms. The summed E-state index contributed by atoms with van der Waals surface area (Å²) in [6.45, 7) is 7.55. The van der Waals surface area contributed by atoms with Gasteiger partial charge in [-0.05, 0) is 46.1 Å². The van der Waals surface area contributed by atoms with E-state index in [-0.39, 0.29) is 23.8 Å². The number of likely N-dealkylation sites (tertiary alicyclic amines) is 2. The molecule has 0 aliphatic carbocycles. The molecule has 114 valence electrons. The molecule has 5 nitrogen and oxygen atoms in total. The zero-order valence-corrected chi connectivity index (χ0v) is 12.6. The summed E-state index contributed by atoms with van der Waals surface area (Å²) >= 11 is 0. The van der Waals surface area contributed by atoms with Crippen molar-refractivity contribution < 1.29 is 14.3 Å². The molecule has 2 saturated heterocycles. The summed E-state index contributed by atoms with van der Waals surface area (Å²) in [6, 6.07) is -0.120. The maximum Gasteiger partial charge on any atom is 0.310 e. The second-order valence-corrected chi connectivity index (χ2v) is 5.79. The van der Waals surface area contributed by atoms with E-state index in [2.05, 4.69) is 4.90 Å². The first-order valence-corrected chi connectivity index (χ1v) is 7.83. The molecule has 2 rings (SSSR count). The van der Waals surface area contributed by atoms with Gasteiger partial charge in [-0.2, -0.15) is 0 Å². The SMILES string of the molecule is CCOC(=O)[C@@H]1CCCN(C(C)C(=O)N2CCCC2)C1. The first kappa shape index (κ1) is 15.3. The molecule has 0 bridgehead atoms. The Morgan fingerprint density at radius 2 is 1.90 bits per heavy atom. The molecule has 0 aromatic rings. The molecular weight excluding hydrogens is 256 g/mol. The first-order valence-electron chi connectivity index (χ1n) is 7.83. The van der Waals surface area contributed by atoms with Crippen molar-refractivity contribution >= 4 is 11.9 Å². The molecule has 2 heterocycles. The number of hydrogen-bond donors (Lipinski definition) is 0. The number of carbonyl (C=O) groups is 2. The van der Waals surface area contributed by atoms with E-state index in [1.165, 1.54) is 0 Å². The predicted molar refractivity (Wildman–Crippen MR) is 76.2 cm³/mol. The van der Waals surface area contributed by atoms with Crippen LogP contribution in [0.4, 0.5) is 0 Å². The largest absolute Gasteiger partial charge is 0.466 e. The summed E-state index contributed by atoms with van der Waals surface area (Å²) in [7, 11) is 0. The lowest BCUT2D eigenvalue weighted by Crippen LogP contribution is -2.50. The topological polar surface area (TPSA) is 49.9 Å². The monoisotopic (exact) mass is 282 g/mol. The van der Waals surface area contributed by atoms with Crippen LogP contribution in [0.25, 0.3) is 0 Å². The van der Waals surface area contributed by atoms with Crippen molar-refractivity contribution in [3.8, 4) is 0 Å². The van der Waals surface area contributed by atoms with Gasteiger partial charge in [0.05, 0.1) is 18.6 Å². The summed E-state index contributed by atoms with van der Waals surface area (Å²) < 4.78 is 5.11. The van der Waals surface area contributed by atoms with Crippen LogP contribution in [0.2, 0.25) is 0 Å². The minimum absolute atomic E-state index is 0.0717. The normalized spacial score (nSPS) is 25.5. The van der Waals surface area contributed by atoms with E-state index in [0.29, 0.717) is 13.2 Å². The van der Waals surface area contributed by atoms with Crippen molar-refractivity contribution in [3.63, 3.8) is 0 Å². The predicted octanol–water partition coefficient (Wildman–Crippen LogP) is 1.27. The Morgan fingerprint density at radius 1 is 1.20 bits per heavy atom. The van der Waals surface area contributed by atoms with Crippen LogP contribution in [0.3, 0.4) is 0 Å². The molecule has 2 aliphatic heterocycles. The number of piperidine rings is 1. The Balaban J connectivity index is 1.90. The van der Waals surface area contributed by atoms with E-state index in [9.17, 15) is 9.59 Å². The van der Waals surface area contributed by atoms with Crippen molar-refractivity contribution in [1.82, 2.24) is 9.80 Å². The molecule has 5 heteroatoms. The van der Waals surface area contributed by atoms with E-state index in [4.69, 9.17) is 4.74 Å². The third-order valence-electron chi connectivity index (χ3n) is 4.40. The van der Waals surface area contributed by atoms with Gasteiger partial charge in [-0.1, -0.05) is 0 Å². The number of nitrogens with zero attached hydrogens (tertiary/aromatic N) is 2. The average molecular weight is 282 g/mol. The van der Waals surface area contributed by atoms with Gasteiger partial charge < -0.3 is 9.64 Å². The number of esters is 1. The Morgan fingerprint density at radius 3 is 2.55 bits per heavy atom.